The van der Waals surface area contributed by atoms with Crippen LogP contribution < -0.4 is 0 Å². The SMILES string of the molecule is CCCCCCCCCCCC[C@H](CC(=O)OC(C)(C)C)C(=O)O. The van der Waals surface area contributed by atoms with Crippen LogP contribution in [-0.2, 0) is 14.3 Å². The normalized spacial score (nSPS) is 12.8. The van der Waals surface area contributed by atoms with Crippen molar-refractivity contribution in [1.29, 1.82) is 0 Å². The van der Waals surface area contributed by atoms with Gasteiger partial charge < -0.3 is 9.84 Å². The van der Waals surface area contributed by atoms with Crippen LogP contribution in [0.2, 0.25) is 0 Å². The first-order chi connectivity index (χ1) is 11.3. The predicted molar refractivity (Wildman–Crippen MR) is 98.0 cm³/mol. The summed E-state index contributed by atoms with van der Waals surface area (Å²) in [5.41, 5.74) is -0.558. The average molecular weight is 343 g/mol. The van der Waals surface area contributed by atoms with Gasteiger partial charge in [-0.25, -0.2) is 0 Å². The van der Waals surface area contributed by atoms with Gasteiger partial charge in [0.15, 0.2) is 0 Å². The first-order valence-corrected chi connectivity index (χ1v) is 9.71. The Hall–Kier alpha value is -1.06. The molecule has 0 bridgehead atoms. The van der Waals surface area contributed by atoms with E-state index in [1.165, 1.54) is 44.9 Å². The summed E-state index contributed by atoms with van der Waals surface area (Å²) >= 11 is 0. The third-order valence-electron chi connectivity index (χ3n) is 4.09. The van der Waals surface area contributed by atoms with Crippen molar-refractivity contribution in [3.63, 3.8) is 0 Å². The number of esters is 1. The fourth-order valence-electron chi connectivity index (χ4n) is 2.78. The van der Waals surface area contributed by atoms with E-state index < -0.39 is 23.5 Å². The van der Waals surface area contributed by atoms with Crippen molar-refractivity contribution in [2.24, 2.45) is 5.92 Å². The number of unbranched alkanes of at least 4 members (excludes halogenated alkanes) is 9. The van der Waals surface area contributed by atoms with Gasteiger partial charge in [0.05, 0.1) is 12.3 Å². The maximum Gasteiger partial charge on any atom is 0.307 e. The molecule has 0 radical (unpaired) electrons. The predicted octanol–water partition coefficient (Wildman–Crippen LogP) is 5.73. The van der Waals surface area contributed by atoms with Crippen molar-refractivity contribution in [3.8, 4) is 0 Å². The quantitative estimate of drug-likeness (QED) is 0.323. The van der Waals surface area contributed by atoms with Crippen LogP contribution in [0, 0.1) is 5.92 Å². The molecule has 0 fully saturated rings. The first-order valence-electron chi connectivity index (χ1n) is 9.71. The van der Waals surface area contributed by atoms with E-state index in [1.54, 1.807) is 20.8 Å². The van der Waals surface area contributed by atoms with Gasteiger partial charge in [-0.3, -0.25) is 9.59 Å². The zero-order valence-corrected chi connectivity index (χ0v) is 16.2. The third kappa shape index (κ3) is 14.5. The molecule has 0 aromatic heterocycles. The summed E-state index contributed by atoms with van der Waals surface area (Å²) in [6.45, 7) is 7.61. The molecule has 0 aliphatic heterocycles. The molecule has 142 valence electrons. The van der Waals surface area contributed by atoms with Crippen LogP contribution >= 0.6 is 0 Å². The lowest BCUT2D eigenvalue weighted by molar-refractivity contribution is -0.160. The number of carboxylic acids is 1. The van der Waals surface area contributed by atoms with Gasteiger partial charge in [-0.05, 0) is 27.2 Å². The van der Waals surface area contributed by atoms with Gasteiger partial charge in [-0.15, -0.1) is 0 Å². The monoisotopic (exact) mass is 342 g/mol. The highest BCUT2D eigenvalue weighted by Crippen LogP contribution is 2.19. The Labute approximate surface area is 148 Å². The standard InChI is InChI=1S/C20H38O4/c1-5-6-7-8-9-10-11-12-13-14-15-17(19(22)23)16-18(21)24-20(2,3)4/h17H,5-16H2,1-4H3,(H,22,23)/t17-/m1/s1. The number of ether oxygens (including phenoxy) is 1. The number of carbonyl (C=O) groups excluding carboxylic acids is 1. The van der Waals surface area contributed by atoms with Crippen LogP contribution in [-0.4, -0.2) is 22.6 Å². The molecule has 4 nitrogen and oxygen atoms in total. The first kappa shape index (κ1) is 22.9. The lowest BCUT2D eigenvalue weighted by atomic mass is 9.97. The van der Waals surface area contributed by atoms with E-state index in [1.807, 2.05) is 0 Å². The molecule has 0 aromatic rings. The van der Waals surface area contributed by atoms with Gasteiger partial charge in [-0.2, -0.15) is 0 Å². The van der Waals surface area contributed by atoms with Gasteiger partial charge in [0.2, 0.25) is 0 Å². The Morgan fingerprint density at radius 2 is 1.33 bits per heavy atom. The van der Waals surface area contributed by atoms with E-state index >= 15 is 0 Å². The average Bonchev–Trinajstić information content (AvgIpc) is 2.45. The van der Waals surface area contributed by atoms with E-state index in [0.717, 1.165) is 19.3 Å². The van der Waals surface area contributed by atoms with Gasteiger partial charge >= 0.3 is 11.9 Å². The Bertz CT molecular complexity index is 344. The fraction of sp³-hybridized carbons (Fsp3) is 0.900. The molecule has 0 amide bonds. The molecule has 0 rings (SSSR count). The minimum Gasteiger partial charge on any atom is -0.481 e. The van der Waals surface area contributed by atoms with E-state index in [2.05, 4.69) is 6.92 Å². The van der Waals surface area contributed by atoms with Crippen molar-refractivity contribution in [2.45, 2.75) is 110 Å². The number of hydrogen-bond acceptors (Lipinski definition) is 3. The van der Waals surface area contributed by atoms with E-state index in [-0.39, 0.29) is 6.42 Å². The van der Waals surface area contributed by atoms with E-state index in [4.69, 9.17) is 4.74 Å². The Morgan fingerprint density at radius 1 is 0.875 bits per heavy atom. The Balaban J connectivity index is 3.76. The van der Waals surface area contributed by atoms with Crippen molar-refractivity contribution in [2.75, 3.05) is 0 Å². The van der Waals surface area contributed by atoms with E-state index in [0.29, 0.717) is 6.42 Å². The molecule has 0 aliphatic rings. The molecule has 0 aromatic carbocycles. The van der Waals surface area contributed by atoms with Crippen molar-refractivity contribution in [1.82, 2.24) is 0 Å². The van der Waals surface area contributed by atoms with Crippen molar-refractivity contribution in [3.05, 3.63) is 0 Å². The zero-order chi connectivity index (χ0) is 18.4. The molecular weight excluding hydrogens is 304 g/mol. The van der Waals surface area contributed by atoms with Crippen LogP contribution in [0.3, 0.4) is 0 Å². The highest BCUT2D eigenvalue weighted by molar-refractivity contribution is 5.78. The second-order valence-electron chi connectivity index (χ2n) is 7.80. The highest BCUT2D eigenvalue weighted by Gasteiger charge is 2.24. The molecule has 0 aliphatic carbocycles. The van der Waals surface area contributed by atoms with Crippen LogP contribution in [0.15, 0.2) is 0 Å². The Morgan fingerprint density at radius 3 is 1.75 bits per heavy atom. The van der Waals surface area contributed by atoms with Crippen molar-refractivity contribution >= 4 is 11.9 Å². The summed E-state index contributed by atoms with van der Waals surface area (Å²) < 4.78 is 5.22. The molecule has 4 heteroatoms. The zero-order valence-electron chi connectivity index (χ0n) is 16.2. The summed E-state index contributed by atoms with van der Waals surface area (Å²) in [5, 5.41) is 9.26. The van der Waals surface area contributed by atoms with E-state index in [9.17, 15) is 14.7 Å². The molecule has 0 saturated carbocycles. The lowest BCUT2D eigenvalue weighted by Crippen LogP contribution is -2.27. The number of aliphatic carboxylic acids is 1. The number of carboxylic acid groups (broad SMARTS) is 1. The molecule has 1 atom stereocenters. The maximum atomic E-state index is 11.8. The number of carbonyl (C=O) groups is 2. The largest absolute Gasteiger partial charge is 0.481 e. The second kappa shape index (κ2) is 13.3. The van der Waals surface area contributed by atoms with Gasteiger partial charge in [0, 0.05) is 0 Å². The van der Waals surface area contributed by atoms with Gasteiger partial charge in [-0.1, -0.05) is 71.1 Å². The van der Waals surface area contributed by atoms with Crippen LogP contribution in [0.4, 0.5) is 0 Å². The minimum atomic E-state index is -0.892. The van der Waals surface area contributed by atoms with Crippen LogP contribution in [0.25, 0.3) is 0 Å². The summed E-state index contributed by atoms with van der Waals surface area (Å²) in [4.78, 5) is 23.1. The van der Waals surface area contributed by atoms with Crippen LogP contribution in [0.5, 0.6) is 0 Å². The fourth-order valence-corrected chi connectivity index (χ4v) is 2.78. The second-order valence-corrected chi connectivity index (χ2v) is 7.80. The minimum absolute atomic E-state index is 0.0238. The molecule has 1 N–H and O–H groups in total. The van der Waals surface area contributed by atoms with Crippen molar-refractivity contribution < 1.29 is 19.4 Å². The summed E-state index contributed by atoms with van der Waals surface area (Å²) in [5.74, 6) is -1.92. The van der Waals surface area contributed by atoms with Gasteiger partial charge in [0.1, 0.15) is 5.60 Å². The molecule has 24 heavy (non-hydrogen) atoms. The molecule has 0 spiro atoms. The number of hydrogen-bond donors (Lipinski definition) is 1. The topological polar surface area (TPSA) is 63.6 Å². The maximum absolute atomic E-state index is 11.8. The lowest BCUT2D eigenvalue weighted by Gasteiger charge is -2.21. The summed E-state index contributed by atoms with van der Waals surface area (Å²) in [6, 6.07) is 0. The Kier molecular flexibility index (Phi) is 12.7. The summed E-state index contributed by atoms with van der Waals surface area (Å²) in [7, 11) is 0. The third-order valence-corrected chi connectivity index (χ3v) is 4.09. The summed E-state index contributed by atoms with van der Waals surface area (Å²) in [6.07, 6.45) is 12.8. The van der Waals surface area contributed by atoms with Crippen LogP contribution in [0.1, 0.15) is 105 Å². The molecule has 0 heterocycles. The molecular formula is C20H38O4. The smallest absolute Gasteiger partial charge is 0.307 e. The number of rotatable bonds is 14. The van der Waals surface area contributed by atoms with Gasteiger partial charge in [0.25, 0.3) is 0 Å². The molecule has 0 unspecified atom stereocenters. The molecule has 0 saturated heterocycles. The highest BCUT2D eigenvalue weighted by atomic mass is 16.6.